The number of halogens is 2. The summed E-state index contributed by atoms with van der Waals surface area (Å²) in [7, 11) is 0. The summed E-state index contributed by atoms with van der Waals surface area (Å²) in [5.74, 6) is -1.07. The minimum Gasteiger partial charge on any atom is -0.482 e. The molecular weight excluding hydrogens is 435 g/mol. The SMILES string of the molecule is N#CC1=C(N)Oc2cc(OC(=O)COc3ccc(Cl)cc3)ccc2C1c1ccccc1F. The zero-order valence-electron chi connectivity index (χ0n) is 16.5. The van der Waals surface area contributed by atoms with Crippen molar-refractivity contribution >= 4 is 17.6 Å². The number of fused-ring (bicyclic) bond motifs is 1. The minimum atomic E-state index is -0.747. The van der Waals surface area contributed by atoms with E-state index in [1.54, 1.807) is 48.5 Å². The second-order valence-corrected chi connectivity index (χ2v) is 7.30. The van der Waals surface area contributed by atoms with E-state index >= 15 is 0 Å². The van der Waals surface area contributed by atoms with Crippen molar-refractivity contribution in [2.75, 3.05) is 6.61 Å². The van der Waals surface area contributed by atoms with Gasteiger partial charge in [-0.1, -0.05) is 35.9 Å². The number of ether oxygens (including phenoxy) is 3. The van der Waals surface area contributed by atoms with Crippen LogP contribution in [0.5, 0.6) is 17.2 Å². The Bertz CT molecular complexity index is 1250. The number of nitrogens with zero attached hydrogens (tertiary/aromatic N) is 1. The molecule has 0 radical (unpaired) electrons. The van der Waals surface area contributed by atoms with Crippen LogP contribution in [0.3, 0.4) is 0 Å². The quantitative estimate of drug-likeness (QED) is 0.448. The molecule has 0 fully saturated rings. The van der Waals surface area contributed by atoms with Crippen molar-refractivity contribution in [3.8, 4) is 23.3 Å². The molecule has 1 atom stereocenters. The highest BCUT2D eigenvalue weighted by atomic mass is 35.5. The predicted octanol–water partition coefficient (Wildman–Crippen LogP) is 4.68. The zero-order chi connectivity index (χ0) is 22.7. The Labute approximate surface area is 188 Å². The highest BCUT2D eigenvalue weighted by Gasteiger charge is 2.32. The highest BCUT2D eigenvalue weighted by molar-refractivity contribution is 6.30. The molecule has 4 rings (SSSR count). The Morgan fingerprint density at radius 2 is 1.81 bits per heavy atom. The number of hydrogen-bond acceptors (Lipinski definition) is 6. The van der Waals surface area contributed by atoms with Crippen LogP contribution in [0.2, 0.25) is 5.02 Å². The molecule has 0 amide bonds. The summed E-state index contributed by atoms with van der Waals surface area (Å²) < 4.78 is 30.8. The first kappa shape index (κ1) is 21.2. The van der Waals surface area contributed by atoms with Crippen molar-refractivity contribution in [3.05, 3.63) is 100 Å². The fraction of sp³-hybridized carbons (Fsp3) is 0.0833. The fourth-order valence-electron chi connectivity index (χ4n) is 3.36. The summed E-state index contributed by atoms with van der Waals surface area (Å²) >= 11 is 5.82. The van der Waals surface area contributed by atoms with Gasteiger partial charge in [-0.2, -0.15) is 5.26 Å². The van der Waals surface area contributed by atoms with Crippen LogP contribution in [0, 0.1) is 17.1 Å². The number of carbonyl (C=O) groups excluding carboxylic acids is 1. The first-order valence-corrected chi connectivity index (χ1v) is 9.89. The van der Waals surface area contributed by atoms with Gasteiger partial charge in [0.2, 0.25) is 5.88 Å². The van der Waals surface area contributed by atoms with Crippen LogP contribution in [0.15, 0.2) is 78.2 Å². The largest absolute Gasteiger partial charge is 0.482 e. The molecule has 1 aliphatic rings. The smallest absolute Gasteiger partial charge is 0.349 e. The number of esters is 1. The molecule has 160 valence electrons. The van der Waals surface area contributed by atoms with Gasteiger partial charge in [-0.05, 0) is 36.4 Å². The van der Waals surface area contributed by atoms with E-state index in [9.17, 15) is 14.4 Å². The number of rotatable bonds is 5. The van der Waals surface area contributed by atoms with Crippen molar-refractivity contribution in [1.29, 1.82) is 5.26 Å². The molecule has 0 saturated heterocycles. The molecule has 1 heterocycles. The molecule has 1 unspecified atom stereocenters. The monoisotopic (exact) mass is 450 g/mol. The second kappa shape index (κ2) is 9.00. The van der Waals surface area contributed by atoms with Crippen LogP contribution in [0.1, 0.15) is 17.0 Å². The van der Waals surface area contributed by atoms with E-state index in [1.807, 2.05) is 6.07 Å². The van der Waals surface area contributed by atoms with E-state index in [0.717, 1.165) is 0 Å². The molecule has 2 N–H and O–H groups in total. The second-order valence-electron chi connectivity index (χ2n) is 6.86. The lowest BCUT2D eigenvalue weighted by Gasteiger charge is -2.27. The van der Waals surface area contributed by atoms with Crippen molar-refractivity contribution < 1.29 is 23.4 Å². The molecule has 3 aromatic rings. The maximum Gasteiger partial charge on any atom is 0.349 e. The molecule has 0 spiro atoms. The van der Waals surface area contributed by atoms with Crippen LogP contribution in [-0.2, 0) is 4.79 Å². The van der Waals surface area contributed by atoms with Crippen LogP contribution in [0.4, 0.5) is 4.39 Å². The van der Waals surface area contributed by atoms with Gasteiger partial charge in [0.15, 0.2) is 6.61 Å². The van der Waals surface area contributed by atoms with E-state index in [-0.39, 0.29) is 35.1 Å². The van der Waals surface area contributed by atoms with Gasteiger partial charge in [0.1, 0.15) is 34.7 Å². The third-order valence-electron chi connectivity index (χ3n) is 4.81. The Kier molecular flexibility index (Phi) is 5.97. The van der Waals surface area contributed by atoms with Gasteiger partial charge in [0, 0.05) is 22.2 Å². The Morgan fingerprint density at radius 3 is 2.53 bits per heavy atom. The molecule has 8 heteroatoms. The maximum absolute atomic E-state index is 14.5. The normalized spacial score (nSPS) is 14.7. The van der Waals surface area contributed by atoms with Crippen LogP contribution in [0.25, 0.3) is 0 Å². The minimum absolute atomic E-state index is 0.101. The van der Waals surface area contributed by atoms with Crippen LogP contribution >= 0.6 is 11.6 Å². The summed E-state index contributed by atoms with van der Waals surface area (Å²) in [6.45, 7) is -0.321. The van der Waals surface area contributed by atoms with Gasteiger partial charge in [-0.15, -0.1) is 0 Å². The maximum atomic E-state index is 14.5. The third-order valence-corrected chi connectivity index (χ3v) is 5.06. The van der Waals surface area contributed by atoms with Gasteiger partial charge in [0.05, 0.1) is 5.92 Å². The van der Waals surface area contributed by atoms with E-state index in [4.69, 9.17) is 31.5 Å². The average Bonchev–Trinajstić information content (AvgIpc) is 2.78. The molecule has 1 aliphatic heterocycles. The van der Waals surface area contributed by atoms with Crippen LogP contribution < -0.4 is 19.9 Å². The van der Waals surface area contributed by atoms with E-state index in [2.05, 4.69) is 0 Å². The molecule has 0 aliphatic carbocycles. The number of nitriles is 1. The zero-order valence-corrected chi connectivity index (χ0v) is 17.3. The van der Waals surface area contributed by atoms with Crippen molar-refractivity contribution in [2.45, 2.75) is 5.92 Å². The standard InChI is InChI=1S/C24H16ClFN2O4/c25-14-5-7-15(8-6-14)30-13-22(29)31-16-9-10-18-21(11-16)32-24(28)19(12-27)23(18)17-3-1-2-4-20(17)26/h1-11,23H,13,28H2. The summed E-state index contributed by atoms with van der Waals surface area (Å²) in [5.41, 5.74) is 6.85. The number of carbonyl (C=O) groups is 1. The van der Waals surface area contributed by atoms with Gasteiger partial charge in [0.25, 0.3) is 0 Å². The number of nitrogens with two attached hydrogens (primary N) is 1. The van der Waals surface area contributed by atoms with E-state index in [1.165, 1.54) is 18.2 Å². The molecule has 3 aromatic carbocycles. The summed E-state index contributed by atoms with van der Waals surface area (Å²) in [5, 5.41) is 10.1. The van der Waals surface area contributed by atoms with Crippen molar-refractivity contribution in [2.24, 2.45) is 5.73 Å². The molecule has 0 bridgehead atoms. The van der Waals surface area contributed by atoms with Crippen molar-refractivity contribution in [3.63, 3.8) is 0 Å². The Hall–Kier alpha value is -4.02. The van der Waals surface area contributed by atoms with Gasteiger partial charge in [-0.3, -0.25) is 0 Å². The third kappa shape index (κ3) is 4.36. The number of benzene rings is 3. The van der Waals surface area contributed by atoms with Gasteiger partial charge in [-0.25, -0.2) is 9.18 Å². The molecule has 6 nitrogen and oxygen atoms in total. The topological polar surface area (TPSA) is 94.6 Å². The molecule has 32 heavy (non-hydrogen) atoms. The number of allylic oxidation sites excluding steroid dienone is 1. The van der Waals surface area contributed by atoms with Gasteiger partial charge >= 0.3 is 5.97 Å². The first-order valence-electron chi connectivity index (χ1n) is 9.51. The van der Waals surface area contributed by atoms with Gasteiger partial charge < -0.3 is 19.9 Å². The van der Waals surface area contributed by atoms with E-state index < -0.39 is 17.7 Å². The lowest BCUT2D eigenvalue weighted by Crippen LogP contribution is -2.22. The molecule has 0 aromatic heterocycles. The number of hydrogen-bond donors (Lipinski definition) is 1. The summed E-state index contributed by atoms with van der Waals surface area (Å²) in [4.78, 5) is 12.2. The lowest BCUT2D eigenvalue weighted by atomic mass is 9.83. The molecule has 0 saturated carbocycles. The average molecular weight is 451 g/mol. The Morgan fingerprint density at radius 1 is 1.09 bits per heavy atom. The van der Waals surface area contributed by atoms with Crippen LogP contribution in [-0.4, -0.2) is 12.6 Å². The fourth-order valence-corrected chi connectivity index (χ4v) is 3.49. The predicted molar refractivity (Wildman–Crippen MR) is 115 cm³/mol. The highest BCUT2D eigenvalue weighted by Crippen LogP contribution is 2.44. The summed E-state index contributed by atoms with van der Waals surface area (Å²) in [6, 6.07) is 19.3. The summed E-state index contributed by atoms with van der Waals surface area (Å²) in [6.07, 6.45) is 0. The van der Waals surface area contributed by atoms with Crippen molar-refractivity contribution in [1.82, 2.24) is 0 Å². The van der Waals surface area contributed by atoms with E-state index in [0.29, 0.717) is 16.3 Å². The lowest BCUT2D eigenvalue weighted by molar-refractivity contribution is -0.136. The molecular formula is C24H16ClFN2O4. The first-order chi connectivity index (χ1) is 15.5. The Balaban J connectivity index is 1.55.